The maximum Gasteiger partial charge on any atom is 0.247 e. The zero-order valence-electron chi connectivity index (χ0n) is 17.0. The molecule has 0 radical (unpaired) electrons. The Morgan fingerprint density at radius 2 is 1.90 bits per heavy atom. The first-order chi connectivity index (χ1) is 14.0. The molecule has 1 saturated heterocycles. The molecule has 0 bridgehead atoms. The second-order valence-electron chi connectivity index (χ2n) is 7.58. The smallest absolute Gasteiger partial charge is 0.247 e. The van der Waals surface area contributed by atoms with Gasteiger partial charge in [0.15, 0.2) is 0 Å². The Kier molecular flexibility index (Phi) is 5.81. The number of ether oxygens (including phenoxy) is 2. The molecule has 7 heteroatoms. The zero-order chi connectivity index (χ0) is 20.4. The van der Waals surface area contributed by atoms with Gasteiger partial charge in [-0.1, -0.05) is 31.2 Å². The molecule has 2 atom stereocenters. The summed E-state index contributed by atoms with van der Waals surface area (Å²) in [5.41, 5.74) is 1.19. The van der Waals surface area contributed by atoms with Gasteiger partial charge < -0.3 is 9.47 Å². The summed E-state index contributed by atoms with van der Waals surface area (Å²) in [6.07, 6.45) is 1.38. The molecule has 0 aliphatic carbocycles. The van der Waals surface area contributed by atoms with Gasteiger partial charge in [-0.15, -0.1) is 0 Å². The minimum atomic E-state index is -3.57. The van der Waals surface area contributed by atoms with Crippen LogP contribution in [0.15, 0.2) is 53.4 Å². The molecule has 0 spiro atoms. The molecule has 0 aromatic heterocycles. The topological polar surface area (TPSA) is 59.1 Å². The van der Waals surface area contributed by atoms with Crippen molar-refractivity contribution in [2.45, 2.75) is 43.4 Å². The number of sulfonamides is 1. The lowest BCUT2D eigenvalue weighted by atomic mass is 10.1. The van der Waals surface area contributed by atoms with Crippen molar-refractivity contribution in [1.82, 2.24) is 9.21 Å². The van der Waals surface area contributed by atoms with Gasteiger partial charge in [0.2, 0.25) is 10.0 Å². The van der Waals surface area contributed by atoms with E-state index in [0.29, 0.717) is 12.3 Å². The van der Waals surface area contributed by atoms with E-state index < -0.39 is 10.0 Å². The van der Waals surface area contributed by atoms with Crippen LogP contribution in [0.25, 0.3) is 0 Å². The van der Waals surface area contributed by atoms with Gasteiger partial charge >= 0.3 is 0 Å². The fraction of sp³-hybridized carbons (Fsp3) is 0.455. The largest absolute Gasteiger partial charge is 0.497 e. The lowest BCUT2D eigenvalue weighted by Gasteiger charge is -2.30. The fourth-order valence-corrected chi connectivity index (χ4v) is 6.21. The van der Waals surface area contributed by atoms with Crippen molar-refractivity contribution in [1.29, 1.82) is 0 Å². The maximum absolute atomic E-state index is 13.3. The van der Waals surface area contributed by atoms with E-state index >= 15 is 0 Å². The summed E-state index contributed by atoms with van der Waals surface area (Å²) in [5.74, 6) is 1.32. The predicted octanol–water partition coefficient (Wildman–Crippen LogP) is 3.13. The highest BCUT2D eigenvalue weighted by Gasteiger charge is 2.42. The molecule has 2 aliphatic heterocycles. The summed E-state index contributed by atoms with van der Waals surface area (Å²) >= 11 is 0. The number of benzene rings is 2. The van der Waals surface area contributed by atoms with Gasteiger partial charge in [-0.2, -0.15) is 4.31 Å². The van der Waals surface area contributed by atoms with E-state index in [9.17, 15) is 8.42 Å². The third-order valence-corrected chi connectivity index (χ3v) is 7.88. The van der Waals surface area contributed by atoms with Crippen molar-refractivity contribution in [2.24, 2.45) is 0 Å². The molecule has 1 fully saturated rings. The molecular formula is C22H28N2O4S. The molecule has 0 unspecified atom stereocenters. The molecule has 0 saturated carbocycles. The molecule has 4 rings (SSSR count). The van der Waals surface area contributed by atoms with Crippen LogP contribution in [-0.4, -0.2) is 56.5 Å². The van der Waals surface area contributed by atoms with E-state index in [4.69, 9.17) is 9.47 Å². The fourth-order valence-electron chi connectivity index (χ4n) is 4.40. The molecule has 29 heavy (non-hydrogen) atoms. The van der Waals surface area contributed by atoms with Gasteiger partial charge in [-0.05, 0) is 42.7 Å². The normalized spacial score (nSPS) is 24.5. The van der Waals surface area contributed by atoms with Crippen LogP contribution in [-0.2, 0) is 16.6 Å². The van der Waals surface area contributed by atoms with Crippen LogP contribution < -0.4 is 9.47 Å². The lowest BCUT2D eigenvalue weighted by molar-refractivity contribution is 0.115. The van der Waals surface area contributed by atoms with Gasteiger partial charge in [0.25, 0.3) is 0 Å². The summed E-state index contributed by atoms with van der Waals surface area (Å²) in [6.45, 7) is 4.84. The van der Waals surface area contributed by atoms with Crippen LogP contribution >= 0.6 is 0 Å². The third-order valence-electron chi connectivity index (χ3n) is 5.84. The Bertz CT molecular complexity index is 963. The van der Waals surface area contributed by atoms with Crippen LogP contribution in [0, 0.1) is 0 Å². The van der Waals surface area contributed by atoms with E-state index in [1.165, 1.54) is 5.56 Å². The Morgan fingerprint density at radius 1 is 1.10 bits per heavy atom. The standard InChI is InChI=1S/C22H28N2O4S/c1-3-24-19-11-13-23(16-17-7-6-8-18(15-17)27-2)14-12-20(19)28-21-9-4-5-10-22(21)29(24,25)26/h4-10,15,19-20H,3,11-14,16H2,1-2H3/t19-,20-/m1/s1. The Labute approximate surface area is 173 Å². The SMILES string of the molecule is CCN1[C@@H]2CCN(Cc3cccc(OC)c3)CC[C@H]2Oc2ccccc2S1(=O)=O. The average molecular weight is 417 g/mol. The summed E-state index contributed by atoms with van der Waals surface area (Å²) < 4.78 is 39.8. The number of hydrogen-bond donors (Lipinski definition) is 0. The van der Waals surface area contributed by atoms with Gasteiger partial charge in [0.05, 0.1) is 13.2 Å². The lowest BCUT2D eigenvalue weighted by Crippen LogP contribution is -2.46. The average Bonchev–Trinajstić information content (AvgIpc) is 2.96. The monoisotopic (exact) mass is 416 g/mol. The van der Waals surface area contributed by atoms with Crippen molar-refractivity contribution in [3.05, 3.63) is 54.1 Å². The Balaban J connectivity index is 1.57. The van der Waals surface area contributed by atoms with Crippen molar-refractivity contribution >= 4 is 10.0 Å². The van der Waals surface area contributed by atoms with Crippen molar-refractivity contribution in [2.75, 3.05) is 26.7 Å². The summed E-state index contributed by atoms with van der Waals surface area (Å²) in [7, 11) is -1.89. The molecule has 156 valence electrons. The van der Waals surface area contributed by atoms with E-state index in [0.717, 1.165) is 38.2 Å². The quantitative estimate of drug-likeness (QED) is 0.766. The molecular weight excluding hydrogens is 388 g/mol. The van der Waals surface area contributed by atoms with Gasteiger partial charge in [0, 0.05) is 26.2 Å². The van der Waals surface area contributed by atoms with Crippen LogP contribution in [0.3, 0.4) is 0 Å². The number of nitrogens with zero attached hydrogens (tertiary/aromatic N) is 2. The second-order valence-corrected chi connectivity index (χ2v) is 9.44. The van der Waals surface area contributed by atoms with E-state index in [2.05, 4.69) is 17.0 Å². The van der Waals surface area contributed by atoms with Crippen molar-refractivity contribution in [3.63, 3.8) is 0 Å². The number of fused-ring (bicyclic) bond motifs is 2. The van der Waals surface area contributed by atoms with Crippen LogP contribution in [0.5, 0.6) is 11.5 Å². The zero-order valence-corrected chi connectivity index (χ0v) is 17.8. The molecule has 2 aromatic carbocycles. The van der Waals surface area contributed by atoms with Crippen LogP contribution in [0.4, 0.5) is 0 Å². The minimum absolute atomic E-state index is 0.149. The van der Waals surface area contributed by atoms with Gasteiger partial charge in [-0.3, -0.25) is 4.90 Å². The predicted molar refractivity (Wildman–Crippen MR) is 112 cm³/mol. The molecule has 2 aliphatic rings. The molecule has 0 amide bonds. The highest BCUT2D eigenvalue weighted by atomic mass is 32.2. The summed E-state index contributed by atoms with van der Waals surface area (Å²) in [4.78, 5) is 2.65. The van der Waals surface area contributed by atoms with Gasteiger partial charge in [-0.25, -0.2) is 8.42 Å². The second kappa shape index (κ2) is 8.34. The summed E-state index contributed by atoms with van der Waals surface area (Å²) in [6, 6.07) is 14.9. The molecule has 2 aromatic rings. The number of para-hydroxylation sites is 1. The number of likely N-dealkylation sites (tertiary alicyclic amines) is 1. The number of likely N-dealkylation sites (N-methyl/N-ethyl adjacent to an activating group) is 1. The van der Waals surface area contributed by atoms with E-state index in [-0.39, 0.29) is 17.0 Å². The first-order valence-corrected chi connectivity index (χ1v) is 11.6. The van der Waals surface area contributed by atoms with Crippen molar-refractivity contribution in [3.8, 4) is 11.5 Å². The van der Waals surface area contributed by atoms with Gasteiger partial charge in [0.1, 0.15) is 22.5 Å². The number of hydrogen-bond acceptors (Lipinski definition) is 5. The Hall–Kier alpha value is -2.09. The molecule has 2 heterocycles. The van der Waals surface area contributed by atoms with Crippen molar-refractivity contribution < 1.29 is 17.9 Å². The number of methoxy groups -OCH3 is 1. The number of rotatable bonds is 4. The summed E-state index contributed by atoms with van der Waals surface area (Å²) in [5, 5.41) is 0. The highest BCUT2D eigenvalue weighted by Crippen LogP contribution is 2.36. The third kappa shape index (κ3) is 3.99. The first-order valence-electron chi connectivity index (χ1n) is 10.2. The highest BCUT2D eigenvalue weighted by molar-refractivity contribution is 7.89. The van der Waals surface area contributed by atoms with E-state index in [1.54, 1.807) is 29.6 Å². The minimum Gasteiger partial charge on any atom is -0.497 e. The first kappa shape index (κ1) is 20.2. The Morgan fingerprint density at radius 3 is 2.69 bits per heavy atom. The van der Waals surface area contributed by atoms with Crippen LogP contribution in [0.1, 0.15) is 25.3 Å². The molecule has 0 N–H and O–H groups in total. The van der Waals surface area contributed by atoms with E-state index in [1.807, 2.05) is 25.1 Å². The van der Waals surface area contributed by atoms with Crippen LogP contribution in [0.2, 0.25) is 0 Å². The maximum atomic E-state index is 13.3. The molecule has 6 nitrogen and oxygen atoms in total.